The standard InChI is InChI=1S/C17H25ClN2O/c1-20(13-14-9-7-8-12-16(14)18)17(21)19-15-10-5-3-2-4-6-11-15/h7-9,12,15H,2-6,10-11,13H2,1H3,(H,19,21). The van der Waals surface area contributed by atoms with E-state index in [1.165, 1.54) is 32.1 Å². The molecule has 0 unspecified atom stereocenters. The average Bonchev–Trinajstić information content (AvgIpc) is 2.44. The zero-order chi connectivity index (χ0) is 15.1. The maximum Gasteiger partial charge on any atom is 0.317 e. The Hall–Kier alpha value is -1.22. The number of halogens is 1. The van der Waals surface area contributed by atoms with Crippen LogP contribution in [0.4, 0.5) is 4.79 Å². The van der Waals surface area contributed by atoms with Gasteiger partial charge in [-0.2, -0.15) is 0 Å². The summed E-state index contributed by atoms with van der Waals surface area (Å²) in [5, 5.41) is 3.88. The van der Waals surface area contributed by atoms with E-state index in [0.29, 0.717) is 17.6 Å². The van der Waals surface area contributed by atoms with E-state index >= 15 is 0 Å². The van der Waals surface area contributed by atoms with Crippen molar-refractivity contribution in [3.8, 4) is 0 Å². The summed E-state index contributed by atoms with van der Waals surface area (Å²) in [6.07, 6.45) is 8.58. The predicted octanol–water partition coefficient (Wildman–Crippen LogP) is 4.59. The maximum atomic E-state index is 12.3. The number of rotatable bonds is 3. The molecule has 1 aromatic carbocycles. The highest BCUT2D eigenvalue weighted by Gasteiger charge is 2.17. The fraction of sp³-hybridized carbons (Fsp3) is 0.588. The third kappa shape index (κ3) is 5.24. The first-order valence-electron chi connectivity index (χ1n) is 7.92. The van der Waals surface area contributed by atoms with Crippen molar-refractivity contribution in [3.05, 3.63) is 34.9 Å². The topological polar surface area (TPSA) is 32.3 Å². The molecule has 0 radical (unpaired) electrons. The fourth-order valence-electron chi connectivity index (χ4n) is 2.84. The van der Waals surface area contributed by atoms with Gasteiger partial charge in [-0.3, -0.25) is 0 Å². The van der Waals surface area contributed by atoms with Gasteiger partial charge in [0.05, 0.1) is 0 Å². The predicted molar refractivity (Wildman–Crippen MR) is 87.6 cm³/mol. The molecule has 1 aliphatic carbocycles. The molecule has 0 atom stereocenters. The zero-order valence-corrected chi connectivity index (χ0v) is 13.5. The van der Waals surface area contributed by atoms with E-state index in [9.17, 15) is 4.79 Å². The van der Waals surface area contributed by atoms with Gasteiger partial charge in [-0.25, -0.2) is 4.79 Å². The van der Waals surface area contributed by atoms with Crippen molar-refractivity contribution in [2.75, 3.05) is 7.05 Å². The molecule has 1 saturated carbocycles. The van der Waals surface area contributed by atoms with Gasteiger partial charge >= 0.3 is 6.03 Å². The second-order valence-electron chi connectivity index (χ2n) is 5.94. The lowest BCUT2D eigenvalue weighted by Crippen LogP contribution is -2.43. The number of nitrogens with zero attached hydrogens (tertiary/aromatic N) is 1. The minimum atomic E-state index is 0.000457. The van der Waals surface area contributed by atoms with E-state index in [0.717, 1.165) is 18.4 Å². The van der Waals surface area contributed by atoms with Crippen LogP contribution < -0.4 is 5.32 Å². The van der Waals surface area contributed by atoms with Gasteiger partial charge in [0.2, 0.25) is 0 Å². The molecule has 0 spiro atoms. The van der Waals surface area contributed by atoms with Gasteiger partial charge in [0.15, 0.2) is 0 Å². The maximum absolute atomic E-state index is 12.3. The Morgan fingerprint density at radius 1 is 1.19 bits per heavy atom. The van der Waals surface area contributed by atoms with Crippen LogP contribution in [-0.2, 0) is 6.54 Å². The second kappa shape index (κ2) is 8.28. The average molecular weight is 309 g/mol. The largest absolute Gasteiger partial charge is 0.335 e. The van der Waals surface area contributed by atoms with Crippen LogP contribution in [0.25, 0.3) is 0 Å². The fourth-order valence-corrected chi connectivity index (χ4v) is 3.03. The summed E-state index contributed by atoms with van der Waals surface area (Å²) in [6, 6.07) is 7.99. The Labute approximate surface area is 132 Å². The Morgan fingerprint density at radius 2 is 1.81 bits per heavy atom. The summed E-state index contributed by atoms with van der Waals surface area (Å²) in [6.45, 7) is 0.540. The number of amides is 2. The normalized spacial score (nSPS) is 16.9. The molecule has 3 nitrogen and oxygen atoms in total. The van der Waals surface area contributed by atoms with Crippen molar-refractivity contribution >= 4 is 17.6 Å². The van der Waals surface area contributed by atoms with Crippen LogP contribution in [0.15, 0.2) is 24.3 Å². The lowest BCUT2D eigenvalue weighted by Gasteiger charge is -2.25. The van der Waals surface area contributed by atoms with Crippen molar-refractivity contribution in [2.45, 2.75) is 57.5 Å². The number of nitrogens with one attached hydrogen (secondary N) is 1. The van der Waals surface area contributed by atoms with Gasteiger partial charge in [0.25, 0.3) is 0 Å². The van der Waals surface area contributed by atoms with Crippen LogP contribution in [0.2, 0.25) is 5.02 Å². The first-order valence-corrected chi connectivity index (χ1v) is 8.29. The molecule has 2 amide bonds. The van der Waals surface area contributed by atoms with Crippen LogP contribution in [0.5, 0.6) is 0 Å². The minimum Gasteiger partial charge on any atom is -0.335 e. The SMILES string of the molecule is CN(Cc1ccccc1Cl)C(=O)NC1CCCCCCC1. The molecular formula is C17H25ClN2O. The van der Waals surface area contributed by atoms with Crippen LogP contribution in [0.1, 0.15) is 50.5 Å². The van der Waals surface area contributed by atoms with Crippen LogP contribution in [0, 0.1) is 0 Å². The lowest BCUT2D eigenvalue weighted by atomic mass is 9.97. The van der Waals surface area contributed by atoms with E-state index < -0.39 is 0 Å². The number of hydrogen-bond donors (Lipinski definition) is 1. The summed E-state index contributed by atoms with van der Waals surface area (Å²) >= 11 is 6.15. The number of benzene rings is 1. The van der Waals surface area contributed by atoms with Crippen molar-refractivity contribution in [2.24, 2.45) is 0 Å². The Kier molecular flexibility index (Phi) is 6.37. The lowest BCUT2D eigenvalue weighted by molar-refractivity contribution is 0.200. The molecule has 1 aliphatic rings. The second-order valence-corrected chi connectivity index (χ2v) is 6.35. The van der Waals surface area contributed by atoms with Gasteiger partial charge in [-0.15, -0.1) is 0 Å². The first kappa shape index (κ1) is 16.2. The Bertz CT molecular complexity index is 456. The van der Waals surface area contributed by atoms with Gasteiger partial charge in [-0.05, 0) is 24.5 Å². The molecule has 2 rings (SSSR count). The molecule has 0 saturated heterocycles. The van der Waals surface area contributed by atoms with Gasteiger partial charge in [0, 0.05) is 24.7 Å². The highest BCUT2D eigenvalue weighted by molar-refractivity contribution is 6.31. The Balaban J connectivity index is 1.85. The molecular weight excluding hydrogens is 284 g/mol. The van der Waals surface area contributed by atoms with Gasteiger partial charge in [0.1, 0.15) is 0 Å². The summed E-state index contributed by atoms with van der Waals surface area (Å²) in [4.78, 5) is 14.0. The highest BCUT2D eigenvalue weighted by atomic mass is 35.5. The molecule has 1 N–H and O–H groups in total. The van der Waals surface area contributed by atoms with E-state index in [-0.39, 0.29) is 6.03 Å². The highest BCUT2D eigenvalue weighted by Crippen LogP contribution is 2.18. The molecule has 0 heterocycles. The summed E-state index contributed by atoms with van der Waals surface area (Å²) in [5.74, 6) is 0. The summed E-state index contributed by atoms with van der Waals surface area (Å²) < 4.78 is 0. The van der Waals surface area contributed by atoms with E-state index in [4.69, 9.17) is 11.6 Å². The number of hydrogen-bond acceptors (Lipinski definition) is 1. The molecule has 116 valence electrons. The van der Waals surface area contributed by atoms with Crippen molar-refractivity contribution in [1.82, 2.24) is 10.2 Å². The number of urea groups is 1. The molecule has 0 aromatic heterocycles. The smallest absolute Gasteiger partial charge is 0.317 e. The summed E-state index contributed by atoms with van der Waals surface area (Å²) in [7, 11) is 1.82. The van der Waals surface area contributed by atoms with Crippen molar-refractivity contribution in [1.29, 1.82) is 0 Å². The Morgan fingerprint density at radius 3 is 2.48 bits per heavy atom. The van der Waals surface area contributed by atoms with E-state index in [1.807, 2.05) is 31.3 Å². The number of carbonyl (C=O) groups is 1. The third-order valence-corrected chi connectivity index (χ3v) is 4.51. The molecule has 21 heavy (non-hydrogen) atoms. The van der Waals surface area contributed by atoms with Crippen LogP contribution in [-0.4, -0.2) is 24.0 Å². The minimum absolute atomic E-state index is 0.000457. The molecule has 0 bridgehead atoms. The van der Waals surface area contributed by atoms with Gasteiger partial charge < -0.3 is 10.2 Å². The molecule has 0 aliphatic heterocycles. The molecule has 1 aromatic rings. The van der Waals surface area contributed by atoms with Crippen LogP contribution in [0.3, 0.4) is 0 Å². The van der Waals surface area contributed by atoms with Crippen molar-refractivity contribution in [3.63, 3.8) is 0 Å². The summed E-state index contributed by atoms with van der Waals surface area (Å²) in [5.41, 5.74) is 0.981. The quantitative estimate of drug-likeness (QED) is 0.870. The van der Waals surface area contributed by atoms with Gasteiger partial charge in [-0.1, -0.05) is 61.9 Å². The van der Waals surface area contributed by atoms with E-state index in [2.05, 4.69) is 5.32 Å². The molecule has 4 heteroatoms. The number of carbonyl (C=O) groups excluding carboxylic acids is 1. The monoisotopic (exact) mass is 308 g/mol. The zero-order valence-electron chi connectivity index (χ0n) is 12.8. The van der Waals surface area contributed by atoms with E-state index in [1.54, 1.807) is 4.90 Å². The van der Waals surface area contributed by atoms with Crippen LogP contribution >= 0.6 is 11.6 Å². The third-order valence-electron chi connectivity index (χ3n) is 4.14. The molecule has 1 fully saturated rings. The van der Waals surface area contributed by atoms with Crippen molar-refractivity contribution < 1.29 is 4.79 Å². The first-order chi connectivity index (χ1) is 10.2.